The van der Waals surface area contributed by atoms with Crippen molar-refractivity contribution in [3.63, 3.8) is 0 Å². The lowest BCUT2D eigenvalue weighted by Crippen LogP contribution is -1.97. The zero-order valence-electron chi connectivity index (χ0n) is 6.83. The molecule has 0 fully saturated rings. The maximum Gasteiger partial charge on any atom is 0.213 e. The number of carbonyl (C=O) groups excluding carboxylic acids is 1. The third-order valence-electron chi connectivity index (χ3n) is 2.05. The summed E-state index contributed by atoms with van der Waals surface area (Å²) in [4.78, 5) is 15.3. The van der Waals surface area contributed by atoms with Gasteiger partial charge in [-0.2, -0.15) is 0 Å². The number of aromatic nitrogens is 1. The molecule has 0 amide bonds. The van der Waals surface area contributed by atoms with Gasteiger partial charge in [0.1, 0.15) is 5.69 Å². The molecule has 0 atom stereocenters. The van der Waals surface area contributed by atoms with Gasteiger partial charge in [0.25, 0.3) is 0 Å². The zero-order chi connectivity index (χ0) is 8.55. The molecule has 1 heterocycles. The summed E-state index contributed by atoms with van der Waals surface area (Å²) in [5.74, 6) is 0.646. The minimum atomic E-state index is 0.129. The van der Waals surface area contributed by atoms with E-state index in [1.54, 1.807) is 13.2 Å². The molecule has 1 aliphatic carbocycles. The Labute approximate surface area is 70.4 Å². The molecule has 0 bridgehead atoms. The molecule has 1 aliphatic rings. The van der Waals surface area contributed by atoms with Gasteiger partial charge < -0.3 is 4.74 Å². The van der Waals surface area contributed by atoms with E-state index < -0.39 is 0 Å². The summed E-state index contributed by atoms with van der Waals surface area (Å²) in [5, 5.41) is 0. The summed E-state index contributed by atoms with van der Waals surface area (Å²) in [7, 11) is 1.55. The van der Waals surface area contributed by atoms with Crippen LogP contribution < -0.4 is 4.74 Å². The Kier molecular flexibility index (Phi) is 1.57. The van der Waals surface area contributed by atoms with E-state index in [0.717, 1.165) is 12.0 Å². The van der Waals surface area contributed by atoms with Crippen molar-refractivity contribution in [3.8, 4) is 5.88 Å². The third kappa shape index (κ3) is 0.978. The van der Waals surface area contributed by atoms with Crippen LogP contribution in [0, 0.1) is 0 Å². The Morgan fingerprint density at radius 3 is 3.00 bits per heavy atom. The van der Waals surface area contributed by atoms with E-state index in [-0.39, 0.29) is 5.78 Å². The van der Waals surface area contributed by atoms with Gasteiger partial charge in [0.05, 0.1) is 7.11 Å². The van der Waals surface area contributed by atoms with E-state index in [0.29, 0.717) is 18.0 Å². The fraction of sp³-hybridized carbons (Fsp3) is 0.333. The van der Waals surface area contributed by atoms with Gasteiger partial charge in [-0.05, 0) is 12.0 Å². The summed E-state index contributed by atoms with van der Waals surface area (Å²) in [6.45, 7) is 0. The van der Waals surface area contributed by atoms with Crippen molar-refractivity contribution < 1.29 is 9.53 Å². The summed E-state index contributed by atoms with van der Waals surface area (Å²) >= 11 is 0. The number of ether oxygens (including phenoxy) is 1. The number of hydrogen-bond donors (Lipinski definition) is 0. The van der Waals surface area contributed by atoms with E-state index >= 15 is 0 Å². The molecule has 3 heteroatoms. The molecule has 0 saturated heterocycles. The van der Waals surface area contributed by atoms with Gasteiger partial charge in [0, 0.05) is 12.5 Å². The maximum absolute atomic E-state index is 11.2. The van der Waals surface area contributed by atoms with E-state index in [2.05, 4.69) is 4.98 Å². The first-order valence-corrected chi connectivity index (χ1v) is 3.88. The van der Waals surface area contributed by atoms with Gasteiger partial charge in [0.2, 0.25) is 5.88 Å². The molecule has 1 aromatic heterocycles. The van der Waals surface area contributed by atoms with Crippen LogP contribution in [0.3, 0.4) is 0 Å². The molecule has 2 rings (SSSR count). The highest BCUT2D eigenvalue weighted by atomic mass is 16.5. The Balaban J connectivity index is 2.50. The zero-order valence-corrected chi connectivity index (χ0v) is 6.83. The number of fused-ring (bicyclic) bond motifs is 1. The van der Waals surface area contributed by atoms with Crippen molar-refractivity contribution >= 4 is 5.78 Å². The molecular formula is C9H9NO2. The number of rotatable bonds is 1. The number of hydrogen-bond acceptors (Lipinski definition) is 3. The highest BCUT2D eigenvalue weighted by molar-refractivity contribution is 5.98. The van der Waals surface area contributed by atoms with Crippen LogP contribution in [0.5, 0.6) is 5.88 Å². The average molecular weight is 163 g/mol. The quantitative estimate of drug-likeness (QED) is 0.624. The van der Waals surface area contributed by atoms with Gasteiger partial charge in [-0.3, -0.25) is 4.79 Å². The number of nitrogens with zero attached hydrogens (tertiary/aromatic N) is 1. The molecule has 62 valence electrons. The Morgan fingerprint density at radius 1 is 1.42 bits per heavy atom. The minimum absolute atomic E-state index is 0.129. The van der Waals surface area contributed by atoms with Crippen LogP contribution in [0.15, 0.2) is 12.1 Å². The topological polar surface area (TPSA) is 39.2 Å². The predicted molar refractivity (Wildman–Crippen MR) is 43.4 cm³/mol. The fourth-order valence-corrected chi connectivity index (χ4v) is 1.39. The van der Waals surface area contributed by atoms with Crippen LogP contribution in [-0.4, -0.2) is 17.9 Å². The molecule has 0 aromatic carbocycles. The number of methoxy groups -OCH3 is 1. The van der Waals surface area contributed by atoms with Gasteiger partial charge >= 0.3 is 0 Å². The van der Waals surface area contributed by atoms with Crippen molar-refractivity contribution in [2.24, 2.45) is 0 Å². The van der Waals surface area contributed by atoms with Crippen molar-refractivity contribution in [1.29, 1.82) is 0 Å². The van der Waals surface area contributed by atoms with Gasteiger partial charge in [0.15, 0.2) is 5.78 Å². The third-order valence-corrected chi connectivity index (χ3v) is 2.05. The van der Waals surface area contributed by atoms with Crippen LogP contribution in [-0.2, 0) is 6.42 Å². The van der Waals surface area contributed by atoms with Crippen molar-refractivity contribution in [2.45, 2.75) is 12.8 Å². The standard InChI is InChI=1S/C9H9NO2/c1-12-8-5-3-6-2-4-7(11)9(6)10-8/h3,5H,2,4H2,1H3. The molecule has 0 aliphatic heterocycles. The minimum Gasteiger partial charge on any atom is -0.481 e. The SMILES string of the molecule is COc1ccc2c(n1)C(=O)CC2. The molecular weight excluding hydrogens is 154 g/mol. The molecule has 0 N–H and O–H groups in total. The van der Waals surface area contributed by atoms with Crippen LogP contribution in [0.4, 0.5) is 0 Å². The van der Waals surface area contributed by atoms with Crippen LogP contribution in [0.2, 0.25) is 0 Å². The molecule has 1 aromatic rings. The van der Waals surface area contributed by atoms with E-state index in [1.807, 2.05) is 6.07 Å². The van der Waals surface area contributed by atoms with Crippen molar-refractivity contribution in [3.05, 3.63) is 23.4 Å². The number of ketones is 1. The monoisotopic (exact) mass is 163 g/mol. The molecule has 3 nitrogen and oxygen atoms in total. The fourth-order valence-electron chi connectivity index (χ4n) is 1.39. The number of aryl methyl sites for hydroxylation is 1. The van der Waals surface area contributed by atoms with E-state index in [1.165, 1.54) is 0 Å². The van der Waals surface area contributed by atoms with Gasteiger partial charge in [-0.1, -0.05) is 6.07 Å². The Bertz CT molecular complexity index is 333. The smallest absolute Gasteiger partial charge is 0.213 e. The number of carbonyl (C=O) groups is 1. The maximum atomic E-state index is 11.2. The first-order valence-electron chi connectivity index (χ1n) is 3.88. The van der Waals surface area contributed by atoms with Crippen molar-refractivity contribution in [1.82, 2.24) is 4.98 Å². The highest BCUT2D eigenvalue weighted by Crippen LogP contribution is 2.22. The second-order valence-electron chi connectivity index (χ2n) is 2.78. The largest absolute Gasteiger partial charge is 0.481 e. The lowest BCUT2D eigenvalue weighted by Gasteiger charge is -2.00. The predicted octanol–water partition coefficient (Wildman–Crippen LogP) is 1.22. The molecule has 0 saturated carbocycles. The van der Waals surface area contributed by atoms with Crippen LogP contribution >= 0.6 is 0 Å². The Morgan fingerprint density at radius 2 is 2.25 bits per heavy atom. The lowest BCUT2D eigenvalue weighted by atomic mass is 10.2. The van der Waals surface area contributed by atoms with Crippen molar-refractivity contribution in [2.75, 3.05) is 7.11 Å². The van der Waals surface area contributed by atoms with Gasteiger partial charge in [-0.25, -0.2) is 4.98 Å². The second-order valence-corrected chi connectivity index (χ2v) is 2.78. The normalized spacial score (nSPS) is 14.6. The number of Topliss-reactive ketones (excluding diaryl/α,β-unsaturated/α-hetero) is 1. The first kappa shape index (κ1) is 7.28. The molecule has 12 heavy (non-hydrogen) atoms. The van der Waals surface area contributed by atoms with E-state index in [4.69, 9.17) is 4.74 Å². The summed E-state index contributed by atoms with van der Waals surface area (Å²) < 4.78 is 4.92. The molecule has 0 spiro atoms. The van der Waals surface area contributed by atoms with Crippen LogP contribution in [0.1, 0.15) is 22.5 Å². The first-order chi connectivity index (χ1) is 5.81. The van der Waals surface area contributed by atoms with Gasteiger partial charge in [-0.15, -0.1) is 0 Å². The number of pyridine rings is 1. The van der Waals surface area contributed by atoms with Crippen LogP contribution in [0.25, 0.3) is 0 Å². The summed E-state index contributed by atoms with van der Waals surface area (Å²) in [6, 6.07) is 3.70. The Hall–Kier alpha value is -1.38. The van der Waals surface area contributed by atoms with E-state index in [9.17, 15) is 4.79 Å². The lowest BCUT2D eigenvalue weighted by molar-refractivity contribution is 0.0989. The second kappa shape index (κ2) is 2.59. The average Bonchev–Trinajstić information content (AvgIpc) is 2.47. The summed E-state index contributed by atoms with van der Waals surface area (Å²) in [5.41, 5.74) is 1.63. The highest BCUT2D eigenvalue weighted by Gasteiger charge is 2.21. The molecule has 0 radical (unpaired) electrons. The summed E-state index contributed by atoms with van der Waals surface area (Å²) in [6.07, 6.45) is 1.42. The molecule has 0 unspecified atom stereocenters.